The fourth-order valence-corrected chi connectivity index (χ4v) is 1.39. The molecule has 1 rings (SSSR count). The maximum Gasteiger partial charge on any atom is 0.0279 e. The van der Waals surface area contributed by atoms with Crippen molar-refractivity contribution in [2.45, 2.75) is 44.2 Å². The molecule has 1 fully saturated rings. The van der Waals surface area contributed by atoms with Crippen LogP contribution in [-0.2, 0) is 0 Å². The quantitative estimate of drug-likeness (QED) is 0.502. The zero-order valence-electron chi connectivity index (χ0n) is 6.06. The van der Waals surface area contributed by atoms with Crippen molar-refractivity contribution in [2.24, 2.45) is 11.5 Å². The van der Waals surface area contributed by atoms with Crippen LogP contribution in [0.2, 0.25) is 0 Å². The average molecular weight is 128 g/mol. The van der Waals surface area contributed by atoms with Crippen LogP contribution in [0.1, 0.15) is 32.6 Å². The van der Waals surface area contributed by atoms with Crippen molar-refractivity contribution in [3.05, 3.63) is 0 Å². The average Bonchev–Trinajstić information content (AvgIpc) is 1.77. The minimum Gasteiger partial charge on any atom is -0.326 e. The summed E-state index contributed by atoms with van der Waals surface area (Å²) in [7, 11) is 0. The Morgan fingerprint density at radius 2 is 2.11 bits per heavy atom. The summed E-state index contributed by atoms with van der Waals surface area (Å²) in [5.41, 5.74) is 11.6. The van der Waals surface area contributed by atoms with Crippen LogP contribution in [-0.4, -0.2) is 11.6 Å². The summed E-state index contributed by atoms with van der Waals surface area (Å²) in [5.74, 6) is 0. The van der Waals surface area contributed by atoms with Crippen LogP contribution in [0.25, 0.3) is 0 Å². The highest BCUT2D eigenvalue weighted by Gasteiger charge is 2.29. The lowest BCUT2D eigenvalue weighted by Crippen LogP contribution is -2.54. The Kier molecular flexibility index (Phi) is 1.78. The van der Waals surface area contributed by atoms with E-state index in [2.05, 4.69) is 6.92 Å². The van der Waals surface area contributed by atoms with E-state index in [1.54, 1.807) is 0 Å². The van der Waals surface area contributed by atoms with Gasteiger partial charge in [-0.2, -0.15) is 0 Å². The van der Waals surface area contributed by atoms with Gasteiger partial charge in [-0.25, -0.2) is 0 Å². The van der Waals surface area contributed by atoms with Gasteiger partial charge >= 0.3 is 0 Å². The second kappa shape index (κ2) is 2.27. The van der Waals surface area contributed by atoms with Crippen LogP contribution in [0.5, 0.6) is 0 Å². The first-order valence-corrected chi connectivity index (χ1v) is 3.67. The number of hydrogen-bond acceptors (Lipinski definition) is 2. The first kappa shape index (κ1) is 7.03. The number of hydrogen-bond donors (Lipinski definition) is 2. The molecule has 0 aromatic heterocycles. The first-order valence-electron chi connectivity index (χ1n) is 3.67. The molecule has 1 saturated carbocycles. The van der Waals surface area contributed by atoms with Gasteiger partial charge in [0.2, 0.25) is 0 Å². The van der Waals surface area contributed by atoms with Gasteiger partial charge in [-0.15, -0.1) is 0 Å². The summed E-state index contributed by atoms with van der Waals surface area (Å²) in [6.45, 7) is 2.05. The predicted molar refractivity (Wildman–Crippen MR) is 39.0 cm³/mol. The second-order valence-corrected chi connectivity index (χ2v) is 3.36. The molecule has 9 heavy (non-hydrogen) atoms. The van der Waals surface area contributed by atoms with Crippen LogP contribution in [0.4, 0.5) is 0 Å². The molecule has 0 aromatic rings. The van der Waals surface area contributed by atoms with Crippen LogP contribution < -0.4 is 11.5 Å². The minimum absolute atomic E-state index is 0.0851. The smallest absolute Gasteiger partial charge is 0.0279 e. The van der Waals surface area contributed by atoms with Gasteiger partial charge < -0.3 is 11.5 Å². The number of nitrogens with two attached hydrogens (primary N) is 2. The molecule has 0 bridgehead atoms. The topological polar surface area (TPSA) is 52.0 Å². The Bertz CT molecular complexity index is 99.1. The van der Waals surface area contributed by atoms with Crippen LogP contribution in [0.15, 0.2) is 0 Å². The van der Waals surface area contributed by atoms with E-state index in [1.807, 2.05) is 0 Å². The van der Waals surface area contributed by atoms with Crippen molar-refractivity contribution < 1.29 is 0 Å². The van der Waals surface area contributed by atoms with Crippen LogP contribution >= 0.6 is 0 Å². The van der Waals surface area contributed by atoms with Crippen LogP contribution in [0.3, 0.4) is 0 Å². The maximum atomic E-state index is 5.90. The van der Waals surface area contributed by atoms with Gasteiger partial charge in [-0.3, -0.25) is 0 Å². The molecule has 1 aliphatic rings. The van der Waals surface area contributed by atoms with Gasteiger partial charge in [-0.1, -0.05) is 12.8 Å². The van der Waals surface area contributed by atoms with E-state index in [4.69, 9.17) is 11.5 Å². The molecule has 2 heteroatoms. The Morgan fingerprint density at radius 1 is 1.44 bits per heavy atom. The van der Waals surface area contributed by atoms with Crippen molar-refractivity contribution in [3.8, 4) is 0 Å². The molecule has 0 heterocycles. The molecular weight excluding hydrogens is 112 g/mol. The molecule has 0 amide bonds. The van der Waals surface area contributed by atoms with Crippen molar-refractivity contribution in [1.82, 2.24) is 0 Å². The van der Waals surface area contributed by atoms with E-state index in [0.717, 1.165) is 12.8 Å². The van der Waals surface area contributed by atoms with Gasteiger partial charge in [0.15, 0.2) is 0 Å². The molecular formula is C7H16N2. The normalized spacial score (nSPS) is 45.0. The summed E-state index contributed by atoms with van der Waals surface area (Å²) in [4.78, 5) is 0. The third-order valence-corrected chi connectivity index (χ3v) is 2.33. The molecule has 0 saturated heterocycles. The van der Waals surface area contributed by atoms with E-state index in [-0.39, 0.29) is 11.6 Å². The highest BCUT2D eigenvalue weighted by Crippen LogP contribution is 2.23. The Labute approximate surface area is 56.6 Å². The van der Waals surface area contributed by atoms with Crippen LogP contribution in [0, 0.1) is 0 Å². The SMILES string of the molecule is CC1(N)CCCCC1N. The standard InChI is InChI=1S/C7H16N2/c1-7(9)5-3-2-4-6(7)8/h6H,2-5,8-9H2,1H3. The lowest BCUT2D eigenvalue weighted by Gasteiger charge is -2.35. The highest BCUT2D eigenvalue weighted by atomic mass is 14.8. The van der Waals surface area contributed by atoms with E-state index in [9.17, 15) is 0 Å². The molecule has 0 aliphatic heterocycles. The summed E-state index contributed by atoms with van der Waals surface area (Å²) in [6, 6.07) is 0.228. The fraction of sp³-hybridized carbons (Fsp3) is 1.00. The van der Waals surface area contributed by atoms with Crippen molar-refractivity contribution in [1.29, 1.82) is 0 Å². The number of rotatable bonds is 0. The molecule has 0 radical (unpaired) electrons. The summed E-state index contributed by atoms with van der Waals surface area (Å²) >= 11 is 0. The predicted octanol–water partition coefficient (Wildman–Crippen LogP) is 0.605. The maximum absolute atomic E-state index is 5.90. The molecule has 2 atom stereocenters. The molecule has 2 nitrogen and oxygen atoms in total. The largest absolute Gasteiger partial charge is 0.326 e. The third kappa shape index (κ3) is 1.43. The van der Waals surface area contributed by atoms with E-state index in [0.29, 0.717) is 0 Å². The lowest BCUT2D eigenvalue weighted by molar-refractivity contribution is 0.276. The second-order valence-electron chi connectivity index (χ2n) is 3.36. The molecule has 54 valence electrons. The van der Waals surface area contributed by atoms with Gasteiger partial charge in [0, 0.05) is 11.6 Å². The van der Waals surface area contributed by atoms with Gasteiger partial charge in [-0.05, 0) is 19.8 Å². The van der Waals surface area contributed by atoms with Crippen molar-refractivity contribution in [2.75, 3.05) is 0 Å². The monoisotopic (exact) mass is 128 g/mol. The molecule has 0 spiro atoms. The van der Waals surface area contributed by atoms with Crippen molar-refractivity contribution >= 4 is 0 Å². The Balaban J connectivity index is 2.49. The van der Waals surface area contributed by atoms with Gasteiger partial charge in [0.05, 0.1) is 0 Å². The molecule has 1 aliphatic carbocycles. The van der Waals surface area contributed by atoms with Gasteiger partial charge in [0.25, 0.3) is 0 Å². The Morgan fingerprint density at radius 3 is 2.44 bits per heavy atom. The Hall–Kier alpha value is -0.0800. The van der Waals surface area contributed by atoms with E-state index in [1.165, 1.54) is 12.8 Å². The lowest BCUT2D eigenvalue weighted by atomic mass is 9.80. The first-order chi connectivity index (χ1) is 4.13. The summed E-state index contributed by atoms with van der Waals surface area (Å²) in [6.07, 6.45) is 4.70. The van der Waals surface area contributed by atoms with E-state index >= 15 is 0 Å². The molecule has 2 unspecified atom stereocenters. The fourth-order valence-electron chi connectivity index (χ4n) is 1.39. The molecule has 4 N–H and O–H groups in total. The van der Waals surface area contributed by atoms with Gasteiger partial charge in [0.1, 0.15) is 0 Å². The minimum atomic E-state index is -0.0851. The zero-order valence-corrected chi connectivity index (χ0v) is 6.06. The highest BCUT2D eigenvalue weighted by molar-refractivity contribution is 4.92. The zero-order chi connectivity index (χ0) is 6.91. The third-order valence-electron chi connectivity index (χ3n) is 2.33. The molecule has 0 aromatic carbocycles. The summed E-state index contributed by atoms with van der Waals surface area (Å²) < 4.78 is 0. The summed E-state index contributed by atoms with van der Waals surface area (Å²) in [5, 5.41) is 0. The van der Waals surface area contributed by atoms with Crippen molar-refractivity contribution in [3.63, 3.8) is 0 Å². The van der Waals surface area contributed by atoms with E-state index < -0.39 is 0 Å².